The summed E-state index contributed by atoms with van der Waals surface area (Å²) < 4.78 is 30.7. The maximum atomic E-state index is 12.8. The molecule has 0 saturated heterocycles. The van der Waals surface area contributed by atoms with E-state index in [1.807, 2.05) is 42.5 Å². The van der Waals surface area contributed by atoms with Crippen molar-refractivity contribution in [1.29, 1.82) is 0 Å². The van der Waals surface area contributed by atoms with Gasteiger partial charge >= 0.3 is 11.8 Å². The Kier molecular flexibility index (Phi) is 7.51. The van der Waals surface area contributed by atoms with Gasteiger partial charge in [-0.05, 0) is 60.4 Å². The van der Waals surface area contributed by atoms with E-state index in [-0.39, 0.29) is 10.1 Å². The molecule has 1 atom stereocenters. The molecule has 0 aliphatic heterocycles. The van der Waals surface area contributed by atoms with Crippen molar-refractivity contribution in [2.24, 2.45) is 0 Å². The number of hydrogen-bond acceptors (Lipinski definition) is 5. The van der Waals surface area contributed by atoms with Gasteiger partial charge in [-0.3, -0.25) is 9.59 Å². The first-order chi connectivity index (χ1) is 16.9. The van der Waals surface area contributed by atoms with Crippen LogP contribution in [0.25, 0.3) is 0 Å². The monoisotopic (exact) mass is 492 g/mol. The zero-order chi connectivity index (χ0) is 24.8. The van der Waals surface area contributed by atoms with Crippen LogP contribution in [0.15, 0.2) is 83.8 Å². The zero-order valence-corrected chi connectivity index (χ0v) is 20.3. The van der Waals surface area contributed by atoms with Crippen molar-refractivity contribution >= 4 is 27.3 Å². The maximum absolute atomic E-state index is 12.8. The number of sulfone groups is 1. The lowest BCUT2D eigenvalue weighted by molar-refractivity contribution is -0.136. The summed E-state index contributed by atoms with van der Waals surface area (Å²) in [5.74, 6) is -0.966. The zero-order valence-electron chi connectivity index (χ0n) is 19.4. The number of amides is 2. The van der Waals surface area contributed by atoms with Gasteiger partial charge in [-0.1, -0.05) is 55.3 Å². The molecule has 2 amide bonds. The Bertz CT molecular complexity index is 1270. The molecule has 0 heterocycles. The molecule has 3 aromatic rings. The Balaban J connectivity index is 1.46. The molecule has 4 rings (SSSR count). The molecule has 1 aliphatic rings. The molecule has 3 aromatic carbocycles. The Morgan fingerprint density at radius 3 is 2.03 bits per heavy atom. The van der Waals surface area contributed by atoms with Gasteiger partial charge in [0.05, 0.1) is 23.3 Å². The van der Waals surface area contributed by atoms with Crippen LogP contribution in [-0.4, -0.2) is 32.6 Å². The summed E-state index contributed by atoms with van der Waals surface area (Å²) in [7, 11) is -1.81. The number of nitrogens with one attached hydrogen (secondary N) is 2. The number of benzene rings is 3. The Hall–Kier alpha value is -3.65. The summed E-state index contributed by atoms with van der Waals surface area (Å²) in [5, 5.41) is 5.00. The summed E-state index contributed by atoms with van der Waals surface area (Å²) >= 11 is 0. The number of carbonyl (C=O) groups is 2. The Morgan fingerprint density at radius 1 is 0.829 bits per heavy atom. The lowest BCUT2D eigenvalue weighted by Crippen LogP contribution is -2.38. The average molecular weight is 493 g/mol. The highest BCUT2D eigenvalue weighted by atomic mass is 32.2. The van der Waals surface area contributed by atoms with E-state index in [4.69, 9.17) is 4.74 Å². The molecule has 7 nitrogen and oxygen atoms in total. The second kappa shape index (κ2) is 10.7. The summed E-state index contributed by atoms with van der Waals surface area (Å²) in [6.07, 6.45) is 3.21. The van der Waals surface area contributed by atoms with E-state index in [9.17, 15) is 18.0 Å². The Labute approximate surface area is 205 Å². The first kappa shape index (κ1) is 24.5. The smallest absolute Gasteiger partial charge is 0.313 e. The van der Waals surface area contributed by atoms with Crippen LogP contribution in [0.2, 0.25) is 0 Å². The molecule has 0 spiro atoms. The number of anilines is 1. The van der Waals surface area contributed by atoms with Crippen molar-refractivity contribution in [3.8, 4) is 5.75 Å². The maximum Gasteiger partial charge on any atom is 0.313 e. The van der Waals surface area contributed by atoms with Crippen LogP contribution in [0.1, 0.15) is 42.9 Å². The predicted octanol–water partition coefficient (Wildman–Crippen LogP) is 4.26. The SMILES string of the molecule is COc1ccc(C(NC(=O)C(=O)Nc2ccc(S(=O)(=O)C3CCCC3)cc2)c2ccccc2)cc1. The minimum atomic E-state index is -3.38. The summed E-state index contributed by atoms with van der Waals surface area (Å²) in [6.45, 7) is 0. The van der Waals surface area contributed by atoms with Gasteiger partial charge in [-0.25, -0.2) is 8.42 Å². The van der Waals surface area contributed by atoms with Crippen molar-refractivity contribution in [2.45, 2.75) is 41.9 Å². The molecule has 35 heavy (non-hydrogen) atoms. The van der Waals surface area contributed by atoms with E-state index < -0.39 is 27.7 Å². The van der Waals surface area contributed by atoms with E-state index in [1.54, 1.807) is 19.2 Å². The van der Waals surface area contributed by atoms with Crippen molar-refractivity contribution in [1.82, 2.24) is 5.32 Å². The number of carbonyl (C=O) groups excluding carboxylic acids is 2. The highest BCUT2D eigenvalue weighted by Gasteiger charge is 2.30. The van der Waals surface area contributed by atoms with Gasteiger partial charge in [0, 0.05) is 5.69 Å². The molecule has 0 aromatic heterocycles. The average Bonchev–Trinajstić information content (AvgIpc) is 3.44. The van der Waals surface area contributed by atoms with Gasteiger partial charge in [0.2, 0.25) is 0 Å². The minimum Gasteiger partial charge on any atom is -0.497 e. The second-order valence-corrected chi connectivity index (χ2v) is 10.7. The van der Waals surface area contributed by atoms with Crippen LogP contribution in [0.4, 0.5) is 5.69 Å². The third kappa shape index (κ3) is 5.71. The van der Waals surface area contributed by atoms with E-state index in [0.29, 0.717) is 24.3 Å². The third-order valence-corrected chi connectivity index (χ3v) is 8.52. The second-order valence-electron chi connectivity index (χ2n) is 8.52. The fourth-order valence-corrected chi connectivity index (χ4v) is 6.16. The molecule has 1 unspecified atom stereocenters. The van der Waals surface area contributed by atoms with Crippen LogP contribution in [0.5, 0.6) is 5.75 Å². The molecular weight excluding hydrogens is 464 g/mol. The van der Waals surface area contributed by atoms with E-state index in [1.165, 1.54) is 24.3 Å². The molecule has 0 radical (unpaired) electrons. The summed E-state index contributed by atoms with van der Waals surface area (Å²) in [5.41, 5.74) is 1.95. The number of hydrogen-bond donors (Lipinski definition) is 2. The van der Waals surface area contributed by atoms with Crippen molar-refractivity contribution in [2.75, 3.05) is 12.4 Å². The third-order valence-electron chi connectivity index (χ3n) is 6.25. The molecule has 1 fully saturated rings. The van der Waals surface area contributed by atoms with Crippen LogP contribution in [-0.2, 0) is 19.4 Å². The van der Waals surface area contributed by atoms with E-state index in [0.717, 1.165) is 24.0 Å². The molecule has 0 bridgehead atoms. The number of rotatable bonds is 7. The number of methoxy groups -OCH3 is 1. The molecule has 182 valence electrons. The normalized spacial score (nSPS) is 14.8. The van der Waals surface area contributed by atoms with Crippen LogP contribution >= 0.6 is 0 Å². The van der Waals surface area contributed by atoms with Crippen LogP contribution in [0.3, 0.4) is 0 Å². The van der Waals surface area contributed by atoms with Crippen LogP contribution < -0.4 is 15.4 Å². The molecule has 8 heteroatoms. The van der Waals surface area contributed by atoms with Gasteiger partial charge in [-0.2, -0.15) is 0 Å². The van der Waals surface area contributed by atoms with E-state index >= 15 is 0 Å². The van der Waals surface area contributed by atoms with Gasteiger partial charge in [0.25, 0.3) is 0 Å². The van der Waals surface area contributed by atoms with Crippen molar-refractivity contribution in [3.05, 3.63) is 90.0 Å². The number of ether oxygens (including phenoxy) is 1. The largest absolute Gasteiger partial charge is 0.497 e. The first-order valence-electron chi connectivity index (χ1n) is 11.5. The van der Waals surface area contributed by atoms with Crippen LogP contribution in [0, 0.1) is 0 Å². The first-order valence-corrected chi connectivity index (χ1v) is 13.1. The van der Waals surface area contributed by atoms with E-state index in [2.05, 4.69) is 10.6 Å². The highest BCUT2D eigenvalue weighted by molar-refractivity contribution is 7.92. The topological polar surface area (TPSA) is 102 Å². The molecular formula is C27H28N2O5S. The molecule has 1 saturated carbocycles. The van der Waals surface area contributed by atoms with Crippen molar-refractivity contribution in [3.63, 3.8) is 0 Å². The van der Waals surface area contributed by atoms with Gasteiger partial charge in [0.15, 0.2) is 9.84 Å². The quantitative estimate of drug-likeness (QED) is 0.480. The molecule has 2 N–H and O–H groups in total. The van der Waals surface area contributed by atoms with Gasteiger partial charge < -0.3 is 15.4 Å². The Morgan fingerprint density at radius 2 is 1.43 bits per heavy atom. The van der Waals surface area contributed by atoms with Gasteiger partial charge in [-0.15, -0.1) is 0 Å². The minimum absolute atomic E-state index is 0.232. The summed E-state index contributed by atoms with van der Waals surface area (Å²) in [6, 6.07) is 22.0. The predicted molar refractivity (Wildman–Crippen MR) is 134 cm³/mol. The van der Waals surface area contributed by atoms with Gasteiger partial charge in [0.1, 0.15) is 5.75 Å². The standard InChI is InChI=1S/C27H28N2O5S/c1-34-22-15-11-20(12-16-22)25(19-7-3-2-4-8-19)29-27(31)26(30)28-21-13-17-24(18-14-21)35(32,33)23-9-5-6-10-23/h2-4,7-8,11-18,23,25H,5-6,9-10H2,1H3,(H,28,30)(H,29,31). The lowest BCUT2D eigenvalue weighted by atomic mass is 9.98. The lowest BCUT2D eigenvalue weighted by Gasteiger charge is -2.20. The molecule has 1 aliphatic carbocycles. The summed E-state index contributed by atoms with van der Waals surface area (Å²) in [4.78, 5) is 25.7. The fourth-order valence-electron chi connectivity index (χ4n) is 4.30. The fraction of sp³-hybridized carbons (Fsp3) is 0.259. The highest BCUT2D eigenvalue weighted by Crippen LogP contribution is 2.30. The van der Waals surface area contributed by atoms with Crippen molar-refractivity contribution < 1.29 is 22.7 Å².